The SMILES string of the molecule is C[C@@H]1CN(O)[C@H](C)CN1O. The van der Waals surface area contributed by atoms with E-state index in [0.29, 0.717) is 13.1 Å². The van der Waals surface area contributed by atoms with Crippen LogP contribution in [-0.2, 0) is 0 Å². The Hall–Kier alpha value is -0.160. The average Bonchev–Trinajstić information content (AvgIpc) is 1.84. The minimum Gasteiger partial charge on any atom is -0.314 e. The normalized spacial score (nSPS) is 38.4. The van der Waals surface area contributed by atoms with Gasteiger partial charge in [-0.15, -0.1) is 0 Å². The van der Waals surface area contributed by atoms with Gasteiger partial charge in [-0.25, -0.2) is 0 Å². The lowest BCUT2D eigenvalue weighted by Gasteiger charge is -2.37. The van der Waals surface area contributed by atoms with E-state index in [1.54, 1.807) is 0 Å². The third kappa shape index (κ3) is 1.46. The summed E-state index contributed by atoms with van der Waals surface area (Å²) in [7, 11) is 0. The van der Waals surface area contributed by atoms with Gasteiger partial charge < -0.3 is 10.4 Å². The molecule has 0 radical (unpaired) electrons. The maximum atomic E-state index is 9.16. The van der Waals surface area contributed by atoms with Crippen molar-refractivity contribution in [3.05, 3.63) is 0 Å². The van der Waals surface area contributed by atoms with Gasteiger partial charge in [0.05, 0.1) is 0 Å². The first-order chi connectivity index (χ1) is 4.61. The molecule has 1 saturated heterocycles. The quantitative estimate of drug-likeness (QED) is 0.511. The van der Waals surface area contributed by atoms with Gasteiger partial charge in [0, 0.05) is 25.2 Å². The Morgan fingerprint density at radius 3 is 1.60 bits per heavy atom. The molecule has 0 aromatic heterocycles. The lowest BCUT2D eigenvalue weighted by atomic mass is 10.2. The van der Waals surface area contributed by atoms with Crippen molar-refractivity contribution in [1.82, 2.24) is 10.1 Å². The highest BCUT2D eigenvalue weighted by molar-refractivity contribution is 4.74. The Balaban J connectivity index is 2.46. The Bertz CT molecular complexity index is 94.3. The fourth-order valence-corrected chi connectivity index (χ4v) is 1.09. The predicted molar refractivity (Wildman–Crippen MR) is 35.9 cm³/mol. The lowest BCUT2D eigenvalue weighted by Crippen LogP contribution is -2.53. The Morgan fingerprint density at radius 1 is 1.00 bits per heavy atom. The molecule has 4 nitrogen and oxygen atoms in total. The van der Waals surface area contributed by atoms with Crippen molar-refractivity contribution in [2.75, 3.05) is 13.1 Å². The van der Waals surface area contributed by atoms with E-state index in [9.17, 15) is 0 Å². The molecular formula is C6H14N2O2. The van der Waals surface area contributed by atoms with E-state index in [-0.39, 0.29) is 12.1 Å². The first-order valence-electron chi connectivity index (χ1n) is 3.52. The number of hydrogen-bond acceptors (Lipinski definition) is 4. The molecule has 1 rings (SSSR count). The molecule has 60 valence electrons. The van der Waals surface area contributed by atoms with Crippen LogP contribution in [0, 0.1) is 0 Å². The van der Waals surface area contributed by atoms with Crippen LogP contribution in [0.2, 0.25) is 0 Å². The Kier molecular flexibility index (Phi) is 2.25. The summed E-state index contributed by atoms with van der Waals surface area (Å²) in [5.41, 5.74) is 0. The summed E-state index contributed by atoms with van der Waals surface area (Å²) in [5, 5.41) is 20.8. The Labute approximate surface area is 60.6 Å². The number of rotatable bonds is 0. The summed E-state index contributed by atoms with van der Waals surface area (Å²) in [4.78, 5) is 0. The summed E-state index contributed by atoms with van der Waals surface area (Å²) in [6, 6.07) is 0.0578. The lowest BCUT2D eigenvalue weighted by molar-refractivity contribution is -0.231. The summed E-state index contributed by atoms with van der Waals surface area (Å²) < 4.78 is 0. The van der Waals surface area contributed by atoms with Gasteiger partial charge in [0.2, 0.25) is 0 Å². The topological polar surface area (TPSA) is 46.9 Å². The zero-order valence-corrected chi connectivity index (χ0v) is 6.36. The predicted octanol–water partition coefficient (Wildman–Crippen LogP) is 0.159. The minimum absolute atomic E-state index is 0.0289. The second-order valence-corrected chi connectivity index (χ2v) is 2.94. The summed E-state index contributed by atoms with van der Waals surface area (Å²) in [6.07, 6.45) is 0. The minimum atomic E-state index is 0.0289. The van der Waals surface area contributed by atoms with E-state index in [0.717, 1.165) is 0 Å². The molecule has 1 fully saturated rings. The van der Waals surface area contributed by atoms with Crippen LogP contribution in [-0.4, -0.2) is 45.7 Å². The van der Waals surface area contributed by atoms with E-state index < -0.39 is 0 Å². The molecule has 0 bridgehead atoms. The molecule has 4 heteroatoms. The molecular weight excluding hydrogens is 132 g/mol. The number of nitrogens with zero attached hydrogens (tertiary/aromatic N) is 2. The van der Waals surface area contributed by atoms with E-state index in [4.69, 9.17) is 10.4 Å². The van der Waals surface area contributed by atoms with Crippen LogP contribution in [0.15, 0.2) is 0 Å². The molecule has 2 atom stereocenters. The van der Waals surface area contributed by atoms with E-state index in [1.165, 1.54) is 10.1 Å². The van der Waals surface area contributed by atoms with Gasteiger partial charge in [0.15, 0.2) is 0 Å². The molecule has 10 heavy (non-hydrogen) atoms. The molecule has 0 unspecified atom stereocenters. The Morgan fingerprint density at radius 2 is 1.30 bits per heavy atom. The van der Waals surface area contributed by atoms with Gasteiger partial charge >= 0.3 is 0 Å². The highest BCUT2D eigenvalue weighted by Crippen LogP contribution is 2.09. The highest BCUT2D eigenvalue weighted by atomic mass is 16.5. The van der Waals surface area contributed by atoms with Crippen molar-refractivity contribution in [3.8, 4) is 0 Å². The third-order valence-corrected chi connectivity index (χ3v) is 1.92. The van der Waals surface area contributed by atoms with Gasteiger partial charge in [-0.2, -0.15) is 10.1 Å². The molecule has 1 aliphatic rings. The largest absolute Gasteiger partial charge is 0.314 e. The monoisotopic (exact) mass is 146 g/mol. The summed E-state index contributed by atoms with van der Waals surface area (Å²) in [5.74, 6) is 0. The smallest absolute Gasteiger partial charge is 0.0473 e. The van der Waals surface area contributed by atoms with Gasteiger partial charge in [-0.1, -0.05) is 0 Å². The van der Waals surface area contributed by atoms with Crippen molar-refractivity contribution in [3.63, 3.8) is 0 Å². The van der Waals surface area contributed by atoms with Gasteiger partial charge in [-0.05, 0) is 13.8 Å². The van der Waals surface area contributed by atoms with Crippen LogP contribution in [0.1, 0.15) is 13.8 Å². The molecule has 0 amide bonds. The highest BCUT2D eigenvalue weighted by Gasteiger charge is 2.26. The van der Waals surface area contributed by atoms with Crippen LogP contribution in [0.5, 0.6) is 0 Å². The second kappa shape index (κ2) is 2.84. The maximum absolute atomic E-state index is 9.16. The van der Waals surface area contributed by atoms with Crippen LogP contribution >= 0.6 is 0 Å². The zero-order valence-electron chi connectivity index (χ0n) is 6.36. The van der Waals surface area contributed by atoms with E-state index in [1.807, 2.05) is 13.8 Å². The summed E-state index contributed by atoms with van der Waals surface area (Å²) >= 11 is 0. The second-order valence-electron chi connectivity index (χ2n) is 2.94. The van der Waals surface area contributed by atoms with E-state index in [2.05, 4.69) is 0 Å². The summed E-state index contributed by atoms with van der Waals surface area (Å²) in [6.45, 7) is 4.76. The van der Waals surface area contributed by atoms with Crippen LogP contribution < -0.4 is 0 Å². The van der Waals surface area contributed by atoms with Crippen LogP contribution in [0.25, 0.3) is 0 Å². The number of hydroxylamine groups is 4. The van der Waals surface area contributed by atoms with Crippen molar-refractivity contribution >= 4 is 0 Å². The fraction of sp³-hybridized carbons (Fsp3) is 1.00. The fourth-order valence-electron chi connectivity index (χ4n) is 1.09. The van der Waals surface area contributed by atoms with Crippen molar-refractivity contribution in [2.45, 2.75) is 25.9 Å². The van der Waals surface area contributed by atoms with Crippen LogP contribution in [0.3, 0.4) is 0 Å². The first-order valence-corrected chi connectivity index (χ1v) is 3.52. The number of piperazine rings is 1. The van der Waals surface area contributed by atoms with Crippen molar-refractivity contribution in [2.24, 2.45) is 0 Å². The van der Waals surface area contributed by atoms with Gasteiger partial charge in [0.25, 0.3) is 0 Å². The molecule has 0 spiro atoms. The van der Waals surface area contributed by atoms with Crippen molar-refractivity contribution < 1.29 is 10.4 Å². The molecule has 0 saturated carbocycles. The van der Waals surface area contributed by atoms with Gasteiger partial charge in [0.1, 0.15) is 0 Å². The molecule has 2 N–H and O–H groups in total. The molecule has 0 aromatic rings. The van der Waals surface area contributed by atoms with Crippen molar-refractivity contribution in [1.29, 1.82) is 0 Å². The molecule has 0 aromatic carbocycles. The maximum Gasteiger partial charge on any atom is 0.0473 e. The molecule has 0 aliphatic carbocycles. The number of hydrogen-bond donors (Lipinski definition) is 2. The average molecular weight is 146 g/mol. The third-order valence-electron chi connectivity index (χ3n) is 1.92. The standard InChI is InChI=1S/C6H14N2O2/c1-5-3-8(10)6(2)4-7(5)9/h5-6,9-10H,3-4H2,1-2H3/t5-,6-/m1/s1. The van der Waals surface area contributed by atoms with Gasteiger partial charge in [-0.3, -0.25) is 0 Å². The zero-order chi connectivity index (χ0) is 7.72. The first kappa shape index (κ1) is 7.94. The van der Waals surface area contributed by atoms with Crippen LogP contribution in [0.4, 0.5) is 0 Å². The molecule has 1 aliphatic heterocycles. The molecule has 1 heterocycles. The van der Waals surface area contributed by atoms with E-state index >= 15 is 0 Å².